The lowest BCUT2D eigenvalue weighted by atomic mass is 10.0. The highest BCUT2D eigenvalue weighted by Crippen LogP contribution is 2.34. The molecule has 0 radical (unpaired) electrons. The number of carbonyl (C=O) groups is 1. The van der Waals surface area contributed by atoms with Gasteiger partial charge < -0.3 is 16.4 Å². The monoisotopic (exact) mass is 325 g/mol. The lowest BCUT2D eigenvalue weighted by molar-refractivity contribution is 0.1000. The smallest absolute Gasteiger partial charge is 0.251 e. The van der Waals surface area contributed by atoms with Crippen molar-refractivity contribution in [1.29, 1.82) is 0 Å². The Labute approximate surface area is 122 Å². The van der Waals surface area contributed by atoms with Crippen LogP contribution in [0, 0.1) is 5.92 Å². The second-order valence-corrected chi connectivity index (χ2v) is 5.96. The van der Waals surface area contributed by atoms with Gasteiger partial charge in [-0.3, -0.25) is 4.79 Å². The van der Waals surface area contributed by atoms with E-state index in [0.717, 1.165) is 23.0 Å². The van der Waals surface area contributed by atoms with Crippen molar-refractivity contribution in [2.45, 2.75) is 25.3 Å². The van der Waals surface area contributed by atoms with Gasteiger partial charge in [0, 0.05) is 17.6 Å². The Bertz CT molecular complexity index is 478. The number of nitrogens with two attached hydrogens (primary N) is 2. The van der Waals surface area contributed by atoms with E-state index in [2.05, 4.69) is 20.8 Å². The van der Waals surface area contributed by atoms with Crippen LogP contribution < -0.4 is 16.4 Å². The number of anilines is 1. The van der Waals surface area contributed by atoms with Crippen molar-refractivity contribution < 1.29 is 4.79 Å². The largest absolute Gasteiger partial charge is 0.371 e. The number of benzene rings is 1. The van der Waals surface area contributed by atoms with Gasteiger partial charge in [0.2, 0.25) is 0 Å². The Morgan fingerprint density at radius 1 is 1.47 bits per heavy atom. The molecule has 2 atom stereocenters. The predicted octanol–water partition coefficient (Wildman–Crippen LogP) is 2.11. The Morgan fingerprint density at radius 3 is 2.84 bits per heavy atom. The first-order chi connectivity index (χ1) is 9.06. The molecule has 104 valence electrons. The molecule has 1 amide bonds. The summed E-state index contributed by atoms with van der Waals surface area (Å²) in [5.74, 6) is 0.0846. The van der Waals surface area contributed by atoms with E-state index in [9.17, 15) is 4.79 Å². The highest BCUT2D eigenvalue weighted by Gasteiger charge is 2.31. The molecule has 0 saturated heterocycles. The Balaban J connectivity index is 2.36. The molecule has 1 aliphatic rings. The average molecular weight is 326 g/mol. The molecular weight excluding hydrogens is 306 g/mol. The lowest BCUT2D eigenvalue weighted by Crippen LogP contribution is -2.38. The summed E-state index contributed by atoms with van der Waals surface area (Å²) in [7, 11) is 2.02. The van der Waals surface area contributed by atoms with Crippen LogP contribution in [0.5, 0.6) is 0 Å². The van der Waals surface area contributed by atoms with Gasteiger partial charge in [0.1, 0.15) is 0 Å². The van der Waals surface area contributed by atoms with Crippen LogP contribution in [0.4, 0.5) is 5.69 Å². The van der Waals surface area contributed by atoms with Crippen LogP contribution in [0.1, 0.15) is 29.6 Å². The van der Waals surface area contributed by atoms with Gasteiger partial charge in [-0.1, -0.05) is 12.5 Å². The predicted molar refractivity (Wildman–Crippen MR) is 81.2 cm³/mol. The topological polar surface area (TPSA) is 72.3 Å². The number of carbonyl (C=O) groups excluding carboxylic acids is 1. The highest BCUT2D eigenvalue weighted by atomic mass is 79.9. The summed E-state index contributed by atoms with van der Waals surface area (Å²) in [4.78, 5) is 13.8. The maximum absolute atomic E-state index is 11.7. The number of primary amides is 1. The second-order valence-electron chi connectivity index (χ2n) is 5.10. The third kappa shape index (κ3) is 2.77. The van der Waals surface area contributed by atoms with Crippen molar-refractivity contribution >= 4 is 27.5 Å². The first-order valence-corrected chi connectivity index (χ1v) is 7.36. The third-order valence-corrected chi connectivity index (χ3v) is 4.70. The Morgan fingerprint density at radius 2 is 2.21 bits per heavy atom. The minimum Gasteiger partial charge on any atom is -0.371 e. The molecule has 0 aromatic heterocycles. The van der Waals surface area contributed by atoms with Crippen molar-refractivity contribution in [3.8, 4) is 0 Å². The van der Waals surface area contributed by atoms with Crippen LogP contribution >= 0.6 is 15.9 Å². The summed E-state index contributed by atoms with van der Waals surface area (Å²) in [5.41, 5.74) is 12.8. The maximum atomic E-state index is 11.7. The fraction of sp³-hybridized carbons (Fsp3) is 0.500. The van der Waals surface area contributed by atoms with Crippen LogP contribution in [-0.4, -0.2) is 25.5 Å². The van der Waals surface area contributed by atoms with Gasteiger partial charge in [0.15, 0.2) is 0 Å². The van der Waals surface area contributed by atoms with E-state index in [1.54, 1.807) is 0 Å². The van der Waals surface area contributed by atoms with E-state index in [-0.39, 0.29) is 0 Å². The lowest BCUT2D eigenvalue weighted by Gasteiger charge is -2.32. The molecular formula is C14H20BrN3O. The van der Waals surface area contributed by atoms with Crippen molar-refractivity contribution in [2.24, 2.45) is 17.4 Å². The van der Waals surface area contributed by atoms with E-state index < -0.39 is 5.91 Å². The van der Waals surface area contributed by atoms with Crippen molar-refractivity contribution in [3.63, 3.8) is 0 Å². The molecule has 1 saturated carbocycles. The molecule has 4 nitrogen and oxygen atoms in total. The van der Waals surface area contributed by atoms with E-state index >= 15 is 0 Å². The number of halogens is 1. The van der Waals surface area contributed by atoms with Gasteiger partial charge in [-0.25, -0.2) is 0 Å². The summed E-state index contributed by atoms with van der Waals surface area (Å²) in [6.45, 7) is 0.689. The molecule has 2 rings (SSSR count). The fourth-order valence-electron chi connectivity index (χ4n) is 3.03. The van der Waals surface area contributed by atoms with Gasteiger partial charge in [-0.05, 0) is 53.4 Å². The minimum absolute atomic E-state index is 0.386. The molecule has 1 aliphatic carbocycles. The summed E-state index contributed by atoms with van der Waals surface area (Å²) in [6, 6.07) is 6.09. The maximum Gasteiger partial charge on any atom is 0.251 e. The number of hydrogen-bond acceptors (Lipinski definition) is 3. The average Bonchev–Trinajstić information content (AvgIpc) is 2.85. The molecule has 4 N–H and O–H groups in total. The van der Waals surface area contributed by atoms with Crippen molar-refractivity contribution in [2.75, 3.05) is 18.5 Å². The summed E-state index contributed by atoms with van der Waals surface area (Å²) < 4.78 is 0.742. The van der Waals surface area contributed by atoms with Crippen LogP contribution in [0.3, 0.4) is 0 Å². The highest BCUT2D eigenvalue weighted by molar-refractivity contribution is 9.10. The first kappa shape index (κ1) is 14.3. The summed E-state index contributed by atoms with van der Waals surface area (Å²) in [5, 5.41) is 0. The van der Waals surface area contributed by atoms with E-state index in [1.807, 2.05) is 25.2 Å². The van der Waals surface area contributed by atoms with Crippen molar-refractivity contribution in [1.82, 2.24) is 0 Å². The molecule has 19 heavy (non-hydrogen) atoms. The van der Waals surface area contributed by atoms with Gasteiger partial charge >= 0.3 is 0 Å². The Hall–Kier alpha value is -1.07. The molecule has 0 spiro atoms. The second kappa shape index (κ2) is 5.92. The standard InChI is InChI=1S/C14H20BrN3O/c1-18(11-6-2-4-9(11)8-16)12-7-3-5-10(15)13(12)14(17)19/h3,5,7,9,11H,2,4,6,8,16H2,1H3,(H2,17,19). The molecule has 5 heteroatoms. The number of amides is 1. The minimum atomic E-state index is -0.406. The van der Waals surface area contributed by atoms with E-state index in [4.69, 9.17) is 11.5 Å². The van der Waals surface area contributed by atoms with E-state index in [0.29, 0.717) is 24.1 Å². The van der Waals surface area contributed by atoms with Crippen LogP contribution in [0.15, 0.2) is 22.7 Å². The van der Waals surface area contributed by atoms with Crippen LogP contribution in [0.2, 0.25) is 0 Å². The number of rotatable bonds is 4. The van der Waals surface area contributed by atoms with Crippen molar-refractivity contribution in [3.05, 3.63) is 28.2 Å². The van der Waals surface area contributed by atoms with Gasteiger partial charge in [0.25, 0.3) is 5.91 Å². The first-order valence-electron chi connectivity index (χ1n) is 6.57. The third-order valence-electron chi connectivity index (χ3n) is 4.04. The molecule has 1 fully saturated rings. The summed E-state index contributed by atoms with van der Waals surface area (Å²) >= 11 is 3.40. The molecule has 1 aromatic rings. The SMILES string of the molecule is CN(c1cccc(Br)c1C(N)=O)C1CCCC1CN. The van der Waals surface area contributed by atoms with Gasteiger partial charge in [0.05, 0.1) is 11.3 Å². The van der Waals surface area contributed by atoms with Crippen LogP contribution in [0.25, 0.3) is 0 Å². The molecule has 2 unspecified atom stereocenters. The van der Waals surface area contributed by atoms with E-state index in [1.165, 1.54) is 6.42 Å². The fourth-order valence-corrected chi connectivity index (χ4v) is 3.58. The zero-order valence-corrected chi connectivity index (χ0v) is 12.7. The zero-order chi connectivity index (χ0) is 14.0. The number of nitrogens with zero attached hydrogens (tertiary/aromatic N) is 1. The Kier molecular flexibility index (Phi) is 4.47. The molecule has 1 aromatic carbocycles. The normalized spacial score (nSPS) is 22.5. The van der Waals surface area contributed by atoms with Gasteiger partial charge in [-0.15, -0.1) is 0 Å². The number of hydrogen-bond donors (Lipinski definition) is 2. The molecule has 0 bridgehead atoms. The van der Waals surface area contributed by atoms with Crippen LogP contribution in [-0.2, 0) is 0 Å². The zero-order valence-electron chi connectivity index (χ0n) is 11.1. The summed E-state index contributed by atoms with van der Waals surface area (Å²) in [6.07, 6.45) is 3.46. The van der Waals surface area contributed by atoms with Gasteiger partial charge in [-0.2, -0.15) is 0 Å². The molecule has 0 heterocycles. The quantitative estimate of drug-likeness (QED) is 0.890. The molecule has 0 aliphatic heterocycles.